The van der Waals surface area contributed by atoms with Crippen molar-refractivity contribution in [1.29, 1.82) is 0 Å². The maximum absolute atomic E-state index is 9.14. The van der Waals surface area contributed by atoms with Crippen molar-refractivity contribution >= 4 is 0 Å². The molecule has 1 rings (SSSR count). The van der Waals surface area contributed by atoms with E-state index in [0.29, 0.717) is 5.92 Å². The van der Waals surface area contributed by atoms with Crippen molar-refractivity contribution in [2.75, 3.05) is 20.1 Å². The van der Waals surface area contributed by atoms with E-state index in [9.17, 15) is 0 Å². The van der Waals surface area contributed by atoms with Crippen LogP contribution in [0.15, 0.2) is 0 Å². The van der Waals surface area contributed by atoms with Gasteiger partial charge >= 0.3 is 0 Å². The van der Waals surface area contributed by atoms with Gasteiger partial charge in [-0.25, -0.2) is 0 Å². The van der Waals surface area contributed by atoms with Gasteiger partial charge in [0.2, 0.25) is 0 Å². The minimum atomic E-state index is -0.116. The van der Waals surface area contributed by atoms with Crippen molar-refractivity contribution in [3.8, 4) is 0 Å². The van der Waals surface area contributed by atoms with E-state index in [1.54, 1.807) is 0 Å². The molecular formula is C7H15NO. The molecule has 1 aliphatic heterocycles. The van der Waals surface area contributed by atoms with Crippen molar-refractivity contribution < 1.29 is 5.11 Å². The summed E-state index contributed by atoms with van der Waals surface area (Å²) in [5, 5.41) is 9.14. The van der Waals surface area contributed by atoms with Crippen LogP contribution in [0, 0.1) is 5.92 Å². The Bertz CT molecular complexity index is 92.9. The molecule has 0 aromatic heterocycles. The summed E-state index contributed by atoms with van der Waals surface area (Å²) in [5.74, 6) is 0.523. The number of hydrogen-bond acceptors (Lipinski definition) is 2. The lowest BCUT2D eigenvalue weighted by Crippen LogP contribution is -2.20. The third kappa shape index (κ3) is 1.66. The van der Waals surface area contributed by atoms with Gasteiger partial charge in [-0.3, -0.25) is 0 Å². The van der Waals surface area contributed by atoms with Gasteiger partial charge in [0.25, 0.3) is 0 Å². The Hall–Kier alpha value is -0.0800. The van der Waals surface area contributed by atoms with Crippen LogP contribution in [0.4, 0.5) is 0 Å². The first-order chi connectivity index (χ1) is 4.20. The highest BCUT2D eigenvalue weighted by molar-refractivity contribution is 4.76. The molecule has 0 spiro atoms. The van der Waals surface area contributed by atoms with Crippen LogP contribution in [0.5, 0.6) is 0 Å². The van der Waals surface area contributed by atoms with Gasteiger partial charge in [-0.05, 0) is 32.9 Å². The zero-order chi connectivity index (χ0) is 6.85. The van der Waals surface area contributed by atoms with Crippen molar-refractivity contribution in [1.82, 2.24) is 4.90 Å². The molecule has 2 atom stereocenters. The summed E-state index contributed by atoms with van der Waals surface area (Å²) >= 11 is 0. The minimum Gasteiger partial charge on any atom is -0.393 e. The Morgan fingerprint density at radius 3 is 2.56 bits per heavy atom. The molecule has 0 bridgehead atoms. The second-order valence-electron chi connectivity index (χ2n) is 3.05. The number of nitrogens with zero attached hydrogens (tertiary/aromatic N) is 1. The molecule has 0 amide bonds. The van der Waals surface area contributed by atoms with Crippen LogP contribution < -0.4 is 0 Å². The van der Waals surface area contributed by atoms with Gasteiger partial charge in [0.05, 0.1) is 6.10 Å². The van der Waals surface area contributed by atoms with E-state index in [1.807, 2.05) is 6.92 Å². The van der Waals surface area contributed by atoms with Gasteiger partial charge in [0, 0.05) is 6.54 Å². The van der Waals surface area contributed by atoms with E-state index in [2.05, 4.69) is 11.9 Å². The summed E-state index contributed by atoms with van der Waals surface area (Å²) in [6.45, 7) is 4.09. The fraction of sp³-hybridized carbons (Fsp3) is 1.00. The fourth-order valence-corrected chi connectivity index (χ4v) is 1.36. The molecule has 1 aliphatic rings. The van der Waals surface area contributed by atoms with Crippen LogP contribution >= 0.6 is 0 Å². The van der Waals surface area contributed by atoms with Crippen molar-refractivity contribution in [2.24, 2.45) is 5.92 Å². The number of aliphatic hydroxyl groups excluding tert-OH is 1. The van der Waals surface area contributed by atoms with Crippen LogP contribution in [-0.2, 0) is 0 Å². The summed E-state index contributed by atoms with van der Waals surface area (Å²) in [7, 11) is 2.10. The van der Waals surface area contributed by atoms with Gasteiger partial charge in [0.1, 0.15) is 0 Å². The topological polar surface area (TPSA) is 23.5 Å². The van der Waals surface area contributed by atoms with Gasteiger partial charge in [-0.15, -0.1) is 0 Å². The zero-order valence-corrected chi connectivity index (χ0v) is 6.17. The first kappa shape index (κ1) is 7.03. The SMILES string of the molecule is C[C@@H](O)[C@H]1CCN(C)C1. The maximum Gasteiger partial charge on any atom is 0.0552 e. The molecule has 2 heteroatoms. The minimum absolute atomic E-state index is 0.116. The average molecular weight is 129 g/mol. The fourth-order valence-electron chi connectivity index (χ4n) is 1.36. The van der Waals surface area contributed by atoms with Gasteiger partial charge in [-0.1, -0.05) is 0 Å². The molecule has 54 valence electrons. The molecule has 0 aliphatic carbocycles. The Kier molecular flexibility index (Phi) is 2.09. The summed E-state index contributed by atoms with van der Waals surface area (Å²) in [5.41, 5.74) is 0. The van der Waals surface area contributed by atoms with E-state index in [1.165, 1.54) is 0 Å². The predicted molar refractivity (Wildman–Crippen MR) is 37.3 cm³/mol. The lowest BCUT2D eigenvalue weighted by molar-refractivity contribution is 0.130. The van der Waals surface area contributed by atoms with Crippen LogP contribution in [-0.4, -0.2) is 36.2 Å². The summed E-state index contributed by atoms with van der Waals surface area (Å²) in [4.78, 5) is 2.26. The predicted octanol–water partition coefficient (Wildman–Crippen LogP) is 0.319. The van der Waals surface area contributed by atoms with E-state index >= 15 is 0 Å². The standard InChI is InChI=1S/C7H15NO/c1-6(9)7-3-4-8(2)5-7/h6-7,9H,3-5H2,1-2H3/t6-,7+/m1/s1. The van der Waals surface area contributed by atoms with E-state index in [4.69, 9.17) is 5.11 Å². The van der Waals surface area contributed by atoms with Crippen LogP contribution in [0.25, 0.3) is 0 Å². The summed E-state index contributed by atoms with van der Waals surface area (Å²) < 4.78 is 0. The summed E-state index contributed by atoms with van der Waals surface area (Å²) in [6, 6.07) is 0. The smallest absolute Gasteiger partial charge is 0.0552 e. The zero-order valence-electron chi connectivity index (χ0n) is 6.17. The second-order valence-corrected chi connectivity index (χ2v) is 3.05. The normalized spacial score (nSPS) is 33.0. The molecule has 0 saturated carbocycles. The van der Waals surface area contributed by atoms with E-state index in [0.717, 1.165) is 19.5 Å². The third-order valence-electron chi connectivity index (χ3n) is 2.11. The Morgan fingerprint density at radius 2 is 2.33 bits per heavy atom. The monoisotopic (exact) mass is 129 g/mol. The largest absolute Gasteiger partial charge is 0.393 e. The van der Waals surface area contributed by atoms with Crippen molar-refractivity contribution in [2.45, 2.75) is 19.4 Å². The molecule has 0 aromatic rings. The average Bonchev–Trinajstić information content (AvgIpc) is 2.14. The lowest BCUT2D eigenvalue weighted by atomic mass is 10.0. The van der Waals surface area contributed by atoms with Gasteiger partial charge in [-0.2, -0.15) is 0 Å². The highest BCUT2D eigenvalue weighted by atomic mass is 16.3. The lowest BCUT2D eigenvalue weighted by Gasteiger charge is -2.12. The van der Waals surface area contributed by atoms with Crippen molar-refractivity contribution in [3.63, 3.8) is 0 Å². The molecule has 0 aromatic carbocycles. The summed E-state index contributed by atoms with van der Waals surface area (Å²) in [6.07, 6.45) is 1.05. The molecule has 0 radical (unpaired) electrons. The number of aliphatic hydroxyl groups is 1. The van der Waals surface area contributed by atoms with E-state index < -0.39 is 0 Å². The highest BCUT2D eigenvalue weighted by Gasteiger charge is 2.22. The molecular weight excluding hydrogens is 114 g/mol. The Labute approximate surface area is 56.5 Å². The molecule has 1 fully saturated rings. The molecule has 2 nitrogen and oxygen atoms in total. The second kappa shape index (κ2) is 2.67. The first-order valence-corrected chi connectivity index (χ1v) is 3.57. The third-order valence-corrected chi connectivity index (χ3v) is 2.11. The number of likely N-dealkylation sites (tertiary alicyclic amines) is 1. The molecule has 1 saturated heterocycles. The molecule has 0 unspecified atom stereocenters. The van der Waals surface area contributed by atoms with Crippen LogP contribution in [0.3, 0.4) is 0 Å². The molecule has 1 N–H and O–H groups in total. The van der Waals surface area contributed by atoms with Crippen molar-refractivity contribution in [3.05, 3.63) is 0 Å². The molecule has 1 heterocycles. The quantitative estimate of drug-likeness (QED) is 0.551. The highest BCUT2D eigenvalue weighted by Crippen LogP contribution is 2.17. The van der Waals surface area contributed by atoms with E-state index in [-0.39, 0.29) is 6.10 Å². The Morgan fingerprint density at radius 1 is 1.67 bits per heavy atom. The maximum atomic E-state index is 9.14. The Balaban J connectivity index is 2.30. The molecule has 9 heavy (non-hydrogen) atoms. The number of hydrogen-bond donors (Lipinski definition) is 1. The van der Waals surface area contributed by atoms with Gasteiger partial charge < -0.3 is 10.0 Å². The first-order valence-electron chi connectivity index (χ1n) is 3.57. The van der Waals surface area contributed by atoms with Crippen LogP contribution in [0.1, 0.15) is 13.3 Å². The van der Waals surface area contributed by atoms with Crippen LogP contribution in [0.2, 0.25) is 0 Å². The van der Waals surface area contributed by atoms with Gasteiger partial charge in [0.15, 0.2) is 0 Å². The number of rotatable bonds is 1.